The van der Waals surface area contributed by atoms with Gasteiger partial charge in [-0.2, -0.15) is 0 Å². The minimum absolute atomic E-state index is 0.104. The van der Waals surface area contributed by atoms with Gasteiger partial charge in [0.15, 0.2) is 11.5 Å². The molecule has 0 radical (unpaired) electrons. The molecule has 1 rings (SSSR count). The molecule has 0 fully saturated rings. The first-order valence-electron chi connectivity index (χ1n) is 12.3. The molecular formula is C27H46O6Si. The van der Waals surface area contributed by atoms with Crippen molar-refractivity contribution < 1.29 is 28.2 Å². The van der Waals surface area contributed by atoms with Crippen LogP contribution in [0.5, 0.6) is 11.5 Å². The molecule has 0 aliphatic heterocycles. The number of hydrogen-bond donors (Lipinski definition) is 0. The maximum atomic E-state index is 12.5. The number of esters is 1. The van der Waals surface area contributed by atoms with Crippen molar-refractivity contribution in [1.82, 2.24) is 0 Å². The second kappa shape index (κ2) is 12.7. The Morgan fingerprint density at radius 1 is 0.941 bits per heavy atom. The number of carbonyl (C=O) groups excluding carboxylic acids is 2. The van der Waals surface area contributed by atoms with Gasteiger partial charge in [0, 0.05) is 12.3 Å². The molecule has 0 saturated carbocycles. The molecule has 1 aromatic rings. The maximum absolute atomic E-state index is 12.5. The van der Waals surface area contributed by atoms with Crippen LogP contribution in [0.2, 0.25) is 16.6 Å². The van der Waals surface area contributed by atoms with E-state index >= 15 is 0 Å². The first-order chi connectivity index (χ1) is 15.8. The Bertz CT molecular complexity index is 775. The summed E-state index contributed by atoms with van der Waals surface area (Å²) >= 11 is 0. The number of carbonyl (C=O) groups is 2. The van der Waals surface area contributed by atoms with Crippen LogP contribution in [0.4, 0.5) is 0 Å². The van der Waals surface area contributed by atoms with E-state index in [0.29, 0.717) is 28.1 Å². The van der Waals surface area contributed by atoms with E-state index in [1.54, 1.807) is 14.2 Å². The topological polar surface area (TPSA) is 71.1 Å². The lowest BCUT2D eigenvalue weighted by Gasteiger charge is -2.46. The van der Waals surface area contributed by atoms with Gasteiger partial charge in [-0.3, -0.25) is 4.79 Å². The quantitative estimate of drug-likeness (QED) is 0.172. The van der Waals surface area contributed by atoms with Gasteiger partial charge in [-0.05, 0) is 55.1 Å². The third kappa shape index (κ3) is 7.07. The second-order valence-electron chi connectivity index (χ2n) is 11.0. The third-order valence-electron chi connectivity index (χ3n) is 6.64. The molecule has 1 aromatic carbocycles. The van der Waals surface area contributed by atoms with Crippen LogP contribution in [-0.4, -0.2) is 41.4 Å². The monoisotopic (exact) mass is 494 g/mol. The van der Waals surface area contributed by atoms with Crippen LogP contribution in [0.1, 0.15) is 80.4 Å². The zero-order valence-electron chi connectivity index (χ0n) is 23.1. The summed E-state index contributed by atoms with van der Waals surface area (Å²) in [7, 11) is 0.860. The van der Waals surface area contributed by atoms with Gasteiger partial charge in [0.05, 0.1) is 32.3 Å². The summed E-state index contributed by atoms with van der Waals surface area (Å²) in [4.78, 5) is 24.3. The number of hydrogen-bond acceptors (Lipinski definition) is 6. The Labute approximate surface area is 207 Å². The fraction of sp³-hybridized carbons (Fsp3) is 0.704. The minimum Gasteiger partial charge on any atom is -0.493 e. The molecule has 194 valence electrons. The Hall–Kier alpha value is -1.86. The average molecular weight is 495 g/mol. The Morgan fingerprint density at radius 3 is 1.88 bits per heavy atom. The number of aldehydes is 1. The SMILES string of the molecule is COc1ccc([C@@H](O[Si](C(C)C)(C(C)C)C(C)C)[C@@H](CC=O)COC(=O)C(C)(C)C)cc1OC. The summed E-state index contributed by atoms with van der Waals surface area (Å²) in [6.07, 6.45) is 0.669. The van der Waals surface area contributed by atoms with Gasteiger partial charge in [-0.25, -0.2) is 0 Å². The van der Waals surface area contributed by atoms with E-state index in [0.717, 1.165) is 11.8 Å². The highest BCUT2D eigenvalue weighted by Gasteiger charge is 2.48. The lowest BCUT2D eigenvalue weighted by Crippen LogP contribution is -2.49. The summed E-state index contributed by atoms with van der Waals surface area (Å²) in [6, 6.07) is 5.72. The Morgan fingerprint density at radius 2 is 1.47 bits per heavy atom. The van der Waals surface area contributed by atoms with E-state index in [2.05, 4.69) is 41.5 Å². The maximum Gasteiger partial charge on any atom is 0.311 e. The van der Waals surface area contributed by atoms with Gasteiger partial charge in [0.2, 0.25) is 8.32 Å². The largest absolute Gasteiger partial charge is 0.493 e. The lowest BCUT2D eigenvalue weighted by molar-refractivity contribution is -0.155. The summed E-state index contributed by atoms with van der Waals surface area (Å²) in [5.41, 5.74) is 1.31. The van der Waals surface area contributed by atoms with Crippen LogP contribution in [0.25, 0.3) is 0 Å². The molecule has 0 aliphatic carbocycles. The average Bonchev–Trinajstić information content (AvgIpc) is 2.75. The van der Waals surface area contributed by atoms with E-state index in [4.69, 9.17) is 18.6 Å². The molecule has 0 amide bonds. The smallest absolute Gasteiger partial charge is 0.311 e. The number of ether oxygens (including phenoxy) is 3. The van der Waals surface area contributed by atoms with Gasteiger partial charge in [-0.15, -0.1) is 0 Å². The van der Waals surface area contributed by atoms with Crippen molar-refractivity contribution in [3.05, 3.63) is 23.8 Å². The van der Waals surface area contributed by atoms with E-state index in [1.807, 2.05) is 39.0 Å². The third-order valence-corrected chi connectivity index (χ3v) is 12.7. The van der Waals surface area contributed by atoms with Crippen LogP contribution in [0.15, 0.2) is 18.2 Å². The van der Waals surface area contributed by atoms with Crippen molar-refractivity contribution in [2.24, 2.45) is 11.3 Å². The molecule has 0 N–H and O–H groups in total. The zero-order valence-corrected chi connectivity index (χ0v) is 24.1. The molecular weight excluding hydrogens is 448 g/mol. The fourth-order valence-electron chi connectivity index (χ4n) is 4.90. The fourth-order valence-corrected chi connectivity index (χ4v) is 10.5. The molecule has 0 spiro atoms. The summed E-state index contributed by atoms with van der Waals surface area (Å²) in [5, 5.41) is 0. The van der Waals surface area contributed by atoms with Crippen molar-refractivity contribution in [3.8, 4) is 11.5 Å². The van der Waals surface area contributed by atoms with Crippen molar-refractivity contribution in [1.29, 1.82) is 0 Å². The predicted octanol–water partition coefficient (Wildman–Crippen LogP) is 6.73. The van der Waals surface area contributed by atoms with Gasteiger partial charge >= 0.3 is 5.97 Å². The first kappa shape index (κ1) is 30.2. The van der Waals surface area contributed by atoms with Gasteiger partial charge < -0.3 is 23.4 Å². The molecule has 0 aliphatic rings. The van der Waals surface area contributed by atoms with Gasteiger partial charge in [0.1, 0.15) is 6.29 Å². The molecule has 0 unspecified atom stereocenters. The van der Waals surface area contributed by atoms with Crippen LogP contribution >= 0.6 is 0 Å². The van der Waals surface area contributed by atoms with Crippen molar-refractivity contribution in [2.75, 3.05) is 20.8 Å². The number of rotatable bonds is 13. The van der Waals surface area contributed by atoms with Gasteiger partial charge in [0.25, 0.3) is 0 Å². The molecule has 0 bridgehead atoms. The molecule has 0 heterocycles. The standard InChI is InChI=1S/C27H46O6Si/c1-18(2)34(19(3)4,20(5)6)33-25(21-12-13-23(30-10)24(16-21)31-11)22(14-15-28)17-32-26(29)27(7,8)9/h12-13,15-16,18-20,22,25H,14,17H2,1-11H3/t22-,25+/m0/s1. The molecule has 6 nitrogen and oxygen atoms in total. The molecule has 2 atom stereocenters. The summed E-state index contributed by atoms with van der Waals surface area (Å²) in [6.45, 7) is 18.9. The van der Waals surface area contributed by atoms with E-state index < -0.39 is 19.8 Å². The zero-order chi connectivity index (χ0) is 26.3. The van der Waals surface area contributed by atoms with Gasteiger partial charge in [-0.1, -0.05) is 47.6 Å². The highest BCUT2D eigenvalue weighted by atomic mass is 28.4. The molecule has 0 saturated heterocycles. The lowest BCUT2D eigenvalue weighted by atomic mass is 9.93. The Kier molecular flexibility index (Phi) is 11.3. The van der Waals surface area contributed by atoms with E-state index in [-0.39, 0.29) is 24.9 Å². The highest BCUT2D eigenvalue weighted by molar-refractivity contribution is 6.77. The summed E-state index contributed by atoms with van der Waals surface area (Å²) < 4.78 is 23.9. The number of benzene rings is 1. The minimum atomic E-state index is -2.34. The first-order valence-corrected chi connectivity index (χ1v) is 14.4. The van der Waals surface area contributed by atoms with Crippen LogP contribution in [-0.2, 0) is 18.8 Å². The van der Waals surface area contributed by atoms with Crippen molar-refractivity contribution >= 4 is 20.6 Å². The van der Waals surface area contributed by atoms with E-state index in [9.17, 15) is 9.59 Å². The second-order valence-corrected chi connectivity index (χ2v) is 16.4. The predicted molar refractivity (Wildman–Crippen MR) is 139 cm³/mol. The normalized spacial score (nSPS) is 14.3. The highest BCUT2D eigenvalue weighted by Crippen LogP contribution is 2.47. The number of methoxy groups -OCH3 is 2. The van der Waals surface area contributed by atoms with Crippen LogP contribution in [0, 0.1) is 11.3 Å². The van der Waals surface area contributed by atoms with Crippen molar-refractivity contribution in [3.63, 3.8) is 0 Å². The van der Waals surface area contributed by atoms with Crippen molar-refractivity contribution in [2.45, 2.75) is 91.5 Å². The Balaban J connectivity index is 3.62. The molecule has 7 heteroatoms. The van der Waals surface area contributed by atoms with Crippen LogP contribution < -0.4 is 9.47 Å². The molecule has 34 heavy (non-hydrogen) atoms. The van der Waals surface area contributed by atoms with E-state index in [1.165, 1.54) is 0 Å². The van der Waals surface area contributed by atoms with Crippen LogP contribution in [0.3, 0.4) is 0 Å². The summed E-state index contributed by atoms with van der Waals surface area (Å²) in [5.74, 6) is 0.590. The molecule has 0 aromatic heterocycles.